The molecular weight excluding hydrogens is 724 g/mol. The van der Waals surface area contributed by atoms with Gasteiger partial charge in [-0.2, -0.15) is 0 Å². The number of rotatable bonds is 15. The molecule has 276 valence electrons. The van der Waals surface area contributed by atoms with Gasteiger partial charge in [0.2, 0.25) is 0 Å². The third-order valence-corrected chi connectivity index (χ3v) is 10.1. The van der Waals surface area contributed by atoms with Crippen molar-refractivity contribution < 1.29 is 24.1 Å². The molecule has 54 heavy (non-hydrogen) atoms. The lowest BCUT2D eigenvalue weighted by Gasteiger charge is -2.19. The third-order valence-electron chi connectivity index (χ3n) is 8.59. The topological polar surface area (TPSA) is 132 Å². The van der Waals surface area contributed by atoms with Crippen LogP contribution in [-0.2, 0) is 17.8 Å². The fourth-order valence-corrected chi connectivity index (χ4v) is 7.15. The molecule has 3 aromatic carbocycles. The fraction of sp³-hybridized carbons (Fsp3) is 0.244. The molecular formula is C41H39ClN6O5S. The SMILES string of the molecule is CC#Cc1sc2ncnc(NC(Cc3ccccc3OCc3ccnc(-c4ccccc4OC)n3)C(=O)O)c2c1-c1ccc(OCCN(C)C)c(Cl)c1C. The highest BCUT2D eigenvalue weighted by molar-refractivity contribution is 7.19. The molecule has 0 radical (unpaired) electrons. The van der Waals surface area contributed by atoms with Gasteiger partial charge in [-0.1, -0.05) is 53.9 Å². The highest BCUT2D eigenvalue weighted by Gasteiger charge is 2.26. The van der Waals surface area contributed by atoms with Gasteiger partial charge in [-0.15, -0.1) is 17.3 Å². The van der Waals surface area contributed by atoms with Crippen LogP contribution in [0.3, 0.4) is 0 Å². The van der Waals surface area contributed by atoms with Crippen LogP contribution >= 0.6 is 22.9 Å². The number of aliphatic carboxylic acids is 1. The van der Waals surface area contributed by atoms with Gasteiger partial charge in [0.15, 0.2) is 5.82 Å². The molecule has 0 spiro atoms. The minimum absolute atomic E-state index is 0.0954. The van der Waals surface area contributed by atoms with Crippen molar-refractivity contribution in [2.24, 2.45) is 0 Å². The predicted molar refractivity (Wildman–Crippen MR) is 213 cm³/mol. The molecule has 6 rings (SSSR count). The number of para-hydroxylation sites is 2. The lowest BCUT2D eigenvalue weighted by molar-refractivity contribution is -0.137. The van der Waals surface area contributed by atoms with Gasteiger partial charge >= 0.3 is 5.97 Å². The van der Waals surface area contributed by atoms with Crippen molar-refractivity contribution in [1.82, 2.24) is 24.8 Å². The molecule has 0 aliphatic carbocycles. The summed E-state index contributed by atoms with van der Waals surface area (Å²) in [4.78, 5) is 34.5. The van der Waals surface area contributed by atoms with Gasteiger partial charge in [0, 0.05) is 24.7 Å². The number of nitrogens with zero attached hydrogens (tertiary/aromatic N) is 5. The van der Waals surface area contributed by atoms with Crippen molar-refractivity contribution in [2.45, 2.75) is 32.9 Å². The summed E-state index contributed by atoms with van der Waals surface area (Å²) in [6.45, 7) is 5.06. The fourth-order valence-electron chi connectivity index (χ4n) is 5.87. The smallest absolute Gasteiger partial charge is 0.326 e. The summed E-state index contributed by atoms with van der Waals surface area (Å²) in [5, 5.41) is 14.9. The first kappa shape index (κ1) is 38.0. The highest BCUT2D eigenvalue weighted by atomic mass is 35.5. The van der Waals surface area contributed by atoms with Crippen LogP contribution in [0.5, 0.6) is 17.2 Å². The molecule has 0 aliphatic heterocycles. The molecule has 1 atom stereocenters. The van der Waals surface area contributed by atoms with E-state index in [0.29, 0.717) is 62.0 Å². The molecule has 3 heterocycles. The van der Waals surface area contributed by atoms with E-state index in [1.165, 1.54) is 17.7 Å². The zero-order chi connectivity index (χ0) is 38.2. The van der Waals surface area contributed by atoms with Crippen LogP contribution in [0.1, 0.15) is 28.6 Å². The maximum Gasteiger partial charge on any atom is 0.326 e. The summed E-state index contributed by atoms with van der Waals surface area (Å²) in [5.41, 5.74) is 4.50. The molecule has 3 aromatic heterocycles. The van der Waals surface area contributed by atoms with Gasteiger partial charge in [-0.3, -0.25) is 0 Å². The summed E-state index contributed by atoms with van der Waals surface area (Å²) in [6, 6.07) is 19.4. The second-order valence-corrected chi connectivity index (χ2v) is 13.9. The molecule has 0 saturated heterocycles. The maximum atomic E-state index is 12.9. The van der Waals surface area contributed by atoms with E-state index in [4.69, 9.17) is 30.8 Å². The Balaban J connectivity index is 1.28. The Kier molecular flexibility index (Phi) is 12.2. The normalized spacial score (nSPS) is 11.5. The minimum atomic E-state index is -1.07. The molecule has 11 nitrogen and oxygen atoms in total. The number of thiophene rings is 1. The number of methoxy groups -OCH3 is 1. The van der Waals surface area contributed by atoms with Crippen LogP contribution in [0.2, 0.25) is 5.02 Å². The summed E-state index contributed by atoms with van der Waals surface area (Å²) in [7, 11) is 5.56. The largest absolute Gasteiger partial charge is 0.496 e. The first-order valence-corrected chi connectivity index (χ1v) is 18.3. The van der Waals surface area contributed by atoms with Gasteiger partial charge in [0.25, 0.3) is 0 Å². The molecule has 1 unspecified atom stereocenters. The highest BCUT2D eigenvalue weighted by Crippen LogP contribution is 2.45. The van der Waals surface area contributed by atoms with Gasteiger partial charge in [-0.25, -0.2) is 24.7 Å². The van der Waals surface area contributed by atoms with Crippen molar-refractivity contribution in [2.75, 3.05) is 39.7 Å². The minimum Gasteiger partial charge on any atom is -0.496 e. The Morgan fingerprint density at radius 1 is 0.981 bits per heavy atom. The molecule has 13 heteroatoms. The Hall–Kier alpha value is -5.74. The van der Waals surface area contributed by atoms with E-state index in [0.717, 1.165) is 33.7 Å². The summed E-state index contributed by atoms with van der Waals surface area (Å²) < 4.78 is 17.7. The van der Waals surface area contributed by atoms with E-state index in [1.807, 2.05) is 86.6 Å². The van der Waals surface area contributed by atoms with Crippen LogP contribution in [0, 0.1) is 18.8 Å². The van der Waals surface area contributed by atoms with Crippen LogP contribution in [-0.4, -0.2) is 76.3 Å². The molecule has 0 saturated carbocycles. The van der Waals surface area contributed by atoms with Crippen molar-refractivity contribution in [3.8, 4) is 51.6 Å². The standard InChI is InChI=1S/C41H39ClN6O5S/c1-6-11-34-35(28-16-17-33(37(42)25(28)2)52-21-20-48(3)4)36-39(44-24-45-40(36)54-34)47-30(41(49)50)22-26-12-7-9-14-31(26)53-23-27-18-19-43-38(46-27)29-13-8-10-15-32(29)51-5/h7-10,12-19,24,30H,20-23H2,1-5H3,(H,49,50)(H,44,45,47). The first-order valence-electron chi connectivity index (χ1n) is 17.1. The van der Waals surface area contributed by atoms with Gasteiger partial charge in [0.1, 0.15) is 53.5 Å². The number of aromatic nitrogens is 4. The van der Waals surface area contributed by atoms with Crippen LogP contribution in [0.15, 0.2) is 79.3 Å². The Morgan fingerprint density at radius 3 is 2.52 bits per heavy atom. The number of hydrogen-bond donors (Lipinski definition) is 2. The number of fused-ring (bicyclic) bond motifs is 1. The molecule has 2 N–H and O–H groups in total. The third kappa shape index (κ3) is 8.55. The second-order valence-electron chi connectivity index (χ2n) is 12.5. The number of anilines is 1. The number of hydrogen-bond acceptors (Lipinski definition) is 11. The van der Waals surface area contributed by atoms with E-state index >= 15 is 0 Å². The summed E-state index contributed by atoms with van der Waals surface area (Å²) in [6.07, 6.45) is 3.19. The maximum absolute atomic E-state index is 12.9. The van der Waals surface area contributed by atoms with E-state index in [9.17, 15) is 9.90 Å². The zero-order valence-corrected chi connectivity index (χ0v) is 32.1. The Bertz CT molecular complexity index is 2350. The van der Waals surface area contributed by atoms with Crippen molar-refractivity contribution in [3.05, 3.63) is 106 Å². The van der Waals surface area contributed by atoms with Crippen LogP contribution < -0.4 is 19.5 Å². The molecule has 0 amide bonds. The predicted octanol–water partition coefficient (Wildman–Crippen LogP) is 7.78. The number of carbonyl (C=O) groups is 1. The zero-order valence-electron chi connectivity index (χ0n) is 30.5. The average molecular weight is 763 g/mol. The number of likely N-dealkylation sites (N-methyl/N-ethyl adjacent to an activating group) is 1. The first-order chi connectivity index (χ1) is 26.2. The molecule has 0 aliphatic rings. The van der Waals surface area contributed by atoms with Gasteiger partial charge in [0.05, 0.1) is 33.7 Å². The van der Waals surface area contributed by atoms with Crippen LogP contribution in [0.25, 0.3) is 32.7 Å². The summed E-state index contributed by atoms with van der Waals surface area (Å²) >= 11 is 8.29. The lowest BCUT2D eigenvalue weighted by atomic mass is 9.97. The number of benzene rings is 3. The monoisotopic (exact) mass is 762 g/mol. The number of carboxylic acids is 1. The van der Waals surface area contributed by atoms with E-state index in [-0.39, 0.29) is 13.0 Å². The quantitative estimate of drug-likeness (QED) is 0.0995. The van der Waals surface area contributed by atoms with E-state index in [1.54, 1.807) is 26.3 Å². The number of nitrogens with one attached hydrogen (secondary N) is 1. The molecule has 0 fully saturated rings. The van der Waals surface area contributed by atoms with Crippen LogP contribution in [0.4, 0.5) is 5.82 Å². The van der Waals surface area contributed by atoms with E-state index < -0.39 is 12.0 Å². The molecule has 0 bridgehead atoms. The summed E-state index contributed by atoms with van der Waals surface area (Å²) in [5.74, 6) is 7.82. The van der Waals surface area contributed by atoms with E-state index in [2.05, 4.69) is 32.1 Å². The van der Waals surface area contributed by atoms with Crippen molar-refractivity contribution >= 4 is 44.9 Å². The van der Waals surface area contributed by atoms with Crippen molar-refractivity contribution in [1.29, 1.82) is 0 Å². The van der Waals surface area contributed by atoms with Gasteiger partial charge < -0.3 is 29.5 Å². The van der Waals surface area contributed by atoms with Gasteiger partial charge in [-0.05, 0) is 75.0 Å². The Labute approximate surface area is 323 Å². The van der Waals surface area contributed by atoms with Crippen molar-refractivity contribution in [3.63, 3.8) is 0 Å². The number of halogens is 1. The Morgan fingerprint density at radius 2 is 1.76 bits per heavy atom. The lowest BCUT2D eigenvalue weighted by Crippen LogP contribution is -2.32. The average Bonchev–Trinajstić information content (AvgIpc) is 3.54. The number of ether oxygens (including phenoxy) is 3. The molecule has 6 aromatic rings. The number of carboxylic acid groups (broad SMARTS) is 1. The second kappa shape index (κ2) is 17.4.